The van der Waals surface area contributed by atoms with Gasteiger partial charge in [-0.05, 0) is 48.6 Å². The van der Waals surface area contributed by atoms with E-state index in [2.05, 4.69) is 21.2 Å². The molecular weight excluding hydrogens is 356 g/mol. The number of carbonyl (C=O) groups excluding carboxylic acids is 1. The van der Waals surface area contributed by atoms with Crippen LogP contribution in [0.5, 0.6) is 0 Å². The molecule has 6 heteroatoms. The second-order valence-electron chi connectivity index (χ2n) is 6.75. The van der Waals surface area contributed by atoms with Crippen LogP contribution in [0.25, 0.3) is 10.6 Å². The van der Waals surface area contributed by atoms with Gasteiger partial charge >= 0.3 is 0 Å². The molecule has 5 nitrogen and oxygen atoms in total. The number of carbonyl (C=O) groups is 1. The largest absolute Gasteiger partial charge is 0.355 e. The number of piperidine rings is 1. The Labute approximate surface area is 163 Å². The van der Waals surface area contributed by atoms with E-state index in [4.69, 9.17) is 0 Å². The Bertz CT molecular complexity index is 872. The first-order valence-electron chi connectivity index (χ1n) is 9.17. The summed E-state index contributed by atoms with van der Waals surface area (Å²) in [6.07, 6.45) is 1.68. The molecule has 138 valence electrons. The standard InChI is InChI=1S/C21H22N4OS/c1-24(17-6-3-2-4-7-17)21(26)16-11-13-25(14-12-16)20-10-9-18(22-23-20)19-8-5-15-27-19/h2-10,15-16H,11-14H2,1H3. The minimum Gasteiger partial charge on any atom is -0.355 e. The number of amides is 1. The molecule has 0 spiro atoms. The summed E-state index contributed by atoms with van der Waals surface area (Å²) in [6, 6.07) is 17.9. The van der Waals surface area contributed by atoms with E-state index in [0.29, 0.717) is 0 Å². The SMILES string of the molecule is CN(C(=O)C1CCN(c2ccc(-c3cccs3)nn2)CC1)c1ccccc1. The van der Waals surface area contributed by atoms with Gasteiger partial charge < -0.3 is 9.80 Å². The van der Waals surface area contributed by atoms with Gasteiger partial charge in [0.05, 0.1) is 4.88 Å². The lowest BCUT2D eigenvalue weighted by molar-refractivity contribution is -0.122. The summed E-state index contributed by atoms with van der Waals surface area (Å²) in [4.78, 5) is 17.9. The number of hydrogen-bond donors (Lipinski definition) is 0. The van der Waals surface area contributed by atoms with Gasteiger partial charge in [0, 0.05) is 31.7 Å². The zero-order chi connectivity index (χ0) is 18.6. The third-order valence-electron chi connectivity index (χ3n) is 5.07. The van der Waals surface area contributed by atoms with Crippen molar-refractivity contribution in [2.45, 2.75) is 12.8 Å². The number of para-hydroxylation sites is 1. The molecule has 2 aromatic heterocycles. The molecular formula is C21H22N4OS. The third-order valence-corrected chi connectivity index (χ3v) is 5.96. The maximum atomic E-state index is 12.8. The second kappa shape index (κ2) is 7.88. The van der Waals surface area contributed by atoms with E-state index < -0.39 is 0 Å². The predicted octanol–water partition coefficient (Wildman–Crippen LogP) is 4.08. The first kappa shape index (κ1) is 17.7. The summed E-state index contributed by atoms with van der Waals surface area (Å²) < 4.78 is 0. The second-order valence-corrected chi connectivity index (χ2v) is 7.70. The Kier molecular flexibility index (Phi) is 5.16. The summed E-state index contributed by atoms with van der Waals surface area (Å²) >= 11 is 1.66. The van der Waals surface area contributed by atoms with Gasteiger partial charge in [-0.2, -0.15) is 0 Å². The van der Waals surface area contributed by atoms with E-state index in [0.717, 1.165) is 48.0 Å². The van der Waals surface area contributed by atoms with Gasteiger partial charge in [0.25, 0.3) is 0 Å². The predicted molar refractivity (Wildman–Crippen MR) is 110 cm³/mol. The van der Waals surface area contributed by atoms with Crippen molar-refractivity contribution in [2.75, 3.05) is 29.9 Å². The zero-order valence-electron chi connectivity index (χ0n) is 15.3. The number of benzene rings is 1. The van der Waals surface area contributed by atoms with Crippen molar-refractivity contribution in [1.82, 2.24) is 10.2 Å². The number of thiophene rings is 1. The maximum absolute atomic E-state index is 12.8. The molecule has 0 aliphatic carbocycles. The molecule has 0 saturated carbocycles. The van der Waals surface area contributed by atoms with Gasteiger partial charge in [-0.3, -0.25) is 4.79 Å². The normalized spacial score (nSPS) is 14.9. The van der Waals surface area contributed by atoms with Crippen LogP contribution in [0.4, 0.5) is 11.5 Å². The van der Waals surface area contributed by atoms with Crippen LogP contribution in [0.15, 0.2) is 60.0 Å². The summed E-state index contributed by atoms with van der Waals surface area (Å²) in [6.45, 7) is 1.65. The molecule has 1 aliphatic rings. The quantitative estimate of drug-likeness (QED) is 0.686. The fraction of sp³-hybridized carbons (Fsp3) is 0.286. The van der Waals surface area contributed by atoms with Crippen LogP contribution in [0.1, 0.15) is 12.8 Å². The first-order valence-corrected chi connectivity index (χ1v) is 10.1. The van der Waals surface area contributed by atoms with Crippen molar-refractivity contribution in [3.05, 3.63) is 60.0 Å². The molecule has 1 amide bonds. The smallest absolute Gasteiger partial charge is 0.229 e. The van der Waals surface area contributed by atoms with Crippen LogP contribution in [-0.4, -0.2) is 36.2 Å². The fourth-order valence-corrected chi connectivity index (χ4v) is 4.15. The number of anilines is 2. The number of hydrogen-bond acceptors (Lipinski definition) is 5. The van der Waals surface area contributed by atoms with Gasteiger partial charge in [0.2, 0.25) is 5.91 Å². The van der Waals surface area contributed by atoms with E-state index in [9.17, 15) is 4.79 Å². The Morgan fingerprint density at radius 3 is 2.44 bits per heavy atom. The number of nitrogens with zero attached hydrogens (tertiary/aromatic N) is 4. The summed E-state index contributed by atoms with van der Waals surface area (Å²) in [5, 5.41) is 10.8. The molecule has 1 aromatic carbocycles. The molecule has 3 heterocycles. The molecule has 1 fully saturated rings. The lowest BCUT2D eigenvalue weighted by Crippen LogP contribution is -2.41. The molecule has 0 atom stereocenters. The molecule has 0 unspecified atom stereocenters. The Morgan fingerprint density at radius 2 is 1.81 bits per heavy atom. The topological polar surface area (TPSA) is 49.3 Å². The summed E-state index contributed by atoms with van der Waals surface area (Å²) in [7, 11) is 1.86. The van der Waals surface area contributed by atoms with Crippen LogP contribution >= 0.6 is 11.3 Å². The summed E-state index contributed by atoms with van der Waals surface area (Å²) in [5.41, 5.74) is 1.85. The van der Waals surface area contributed by atoms with E-state index in [-0.39, 0.29) is 11.8 Å². The molecule has 0 N–H and O–H groups in total. The van der Waals surface area contributed by atoms with Gasteiger partial charge in [0.1, 0.15) is 5.69 Å². The van der Waals surface area contributed by atoms with Crippen LogP contribution < -0.4 is 9.80 Å². The van der Waals surface area contributed by atoms with Crippen LogP contribution in [0.3, 0.4) is 0 Å². The molecule has 3 aromatic rings. The Hall–Kier alpha value is -2.73. The van der Waals surface area contributed by atoms with Crippen molar-refractivity contribution in [1.29, 1.82) is 0 Å². The van der Waals surface area contributed by atoms with E-state index in [1.54, 1.807) is 16.2 Å². The van der Waals surface area contributed by atoms with Crippen molar-refractivity contribution in [3.8, 4) is 10.6 Å². The van der Waals surface area contributed by atoms with Gasteiger partial charge in [-0.15, -0.1) is 21.5 Å². The maximum Gasteiger partial charge on any atom is 0.229 e. The number of rotatable bonds is 4. The van der Waals surface area contributed by atoms with E-state index >= 15 is 0 Å². The molecule has 0 radical (unpaired) electrons. The van der Waals surface area contributed by atoms with Crippen LogP contribution in [0, 0.1) is 5.92 Å². The zero-order valence-corrected chi connectivity index (χ0v) is 16.1. The Balaban J connectivity index is 1.36. The monoisotopic (exact) mass is 378 g/mol. The van der Waals surface area contributed by atoms with Gasteiger partial charge in [0.15, 0.2) is 5.82 Å². The molecule has 0 bridgehead atoms. The highest BCUT2D eigenvalue weighted by atomic mass is 32.1. The van der Waals surface area contributed by atoms with Crippen molar-refractivity contribution in [3.63, 3.8) is 0 Å². The molecule has 27 heavy (non-hydrogen) atoms. The summed E-state index contributed by atoms with van der Waals surface area (Å²) in [5.74, 6) is 1.14. The van der Waals surface area contributed by atoms with E-state index in [1.807, 2.05) is 61.0 Å². The third kappa shape index (κ3) is 3.85. The highest BCUT2D eigenvalue weighted by molar-refractivity contribution is 7.13. The van der Waals surface area contributed by atoms with Crippen molar-refractivity contribution in [2.24, 2.45) is 5.92 Å². The first-order chi connectivity index (χ1) is 13.2. The Morgan fingerprint density at radius 1 is 1.04 bits per heavy atom. The average molecular weight is 379 g/mol. The van der Waals surface area contributed by atoms with Crippen molar-refractivity contribution >= 4 is 28.7 Å². The van der Waals surface area contributed by atoms with Crippen LogP contribution in [0.2, 0.25) is 0 Å². The van der Waals surface area contributed by atoms with Gasteiger partial charge in [-0.1, -0.05) is 24.3 Å². The lowest BCUT2D eigenvalue weighted by atomic mass is 9.95. The molecule has 1 aliphatic heterocycles. The molecule has 4 rings (SSSR count). The van der Waals surface area contributed by atoms with Gasteiger partial charge in [-0.25, -0.2) is 0 Å². The molecule has 1 saturated heterocycles. The minimum atomic E-state index is 0.0600. The average Bonchev–Trinajstić information content (AvgIpc) is 3.28. The minimum absolute atomic E-state index is 0.0600. The highest BCUT2D eigenvalue weighted by Crippen LogP contribution is 2.27. The van der Waals surface area contributed by atoms with E-state index in [1.165, 1.54) is 0 Å². The fourth-order valence-electron chi connectivity index (χ4n) is 3.46. The van der Waals surface area contributed by atoms with Crippen LogP contribution in [-0.2, 0) is 4.79 Å². The highest BCUT2D eigenvalue weighted by Gasteiger charge is 2.28. The van der Waals surface area contributed by atoms with Crippen molar-refractivity contribution < 1.29 is 4.79 Å². The number of aromatic nitrogens is 2. The lowest BCUT2D eigenvalue weighted by Gasteiger charge is -2.33.